The first kappa shape index (κ1) is 15.3. The molecule has 3 rings (SSSR count). The fourth-order valence-electron chi connectivity index (χ4n) is 1.98. The Labute approximate surface area is 127 Å². The molecular weight excluding hydrogens is 317 g/mol. The van der Waals surface area contributed by atoms with Crippen LogP contribution in [0.25, 0.3) is 0 Å². The van der Waals surface area contributed by atoms with Gasteiger partial charge < -0.3 is 9.09 Å². The summed E-state index contributed by atoms with van der Waals surface area (Å²) >= 11 is 0. The second kappa shape index (κ2) is 5.52. The van der Waals surface area contributed by atoms with Crippen LogP contribution in [0.15, 0.2) is 27.6 Å². The molecule has 1 fully saturated rings. The first-order valence-electron chi connectivity index (χ1n) is 6.74. The zero-order valence-corrected chi connectivity index (χ0v) is 11.6. The molecule has 1 N–H and O–H groups in total. The van der Waals surface area contributed by atoms with Crippen molar-refractivity contribution in [1.29, 1.82) is 0 Å². The van der Waals surface area contributed by atoms with Crippen molar-refractivity contribution in [3.63, 3.8) is 0 Å². The number of alkyl halides is 3. The van der Waals surface area contributed by atoms with Crippen LogP contribution in [0.4, 0.5) is 19.2 Å². The molecule has 2 aromatic rings. The molecule has 122 valence electrons. The molecule has 0 atom stereocenters. The van der Waals surface area contributed by atoms with E-state index in [0.717, 1.165) is 25.1 Å². The minimum absolute atomic E-state index is 0.192. The van der Waals surface area contributed by atoms with E-state index in [0.29, 0.717) is 10.4 Å². The molecule has 1 amide bonds. The van der Waals surface area contributed by atoms with E-state index in [2.05, 4.69) is 15.5 Å². The number of pyridine rings is 1. The van der Waals surface area contributed by atoms with Crippen LogP contribution in [-0.4, -0.2) is 26.8 Å². The Morgan fingerprint density at radius 1 is 1.43 bits per heavy atom. The summed E-state index contributed by atoms with van der Waals surface area (Å²) in [6.07, 6.45) is -1.73. The summed E-state index contributed by atoms with van der Waals surface area (Å²) in [6, 6.07) is 2.12. The van der Waals surface area contributed by atoms with Gasteiger partial charge in [0.2, 0.25) is 0 Å². The van der Waals surface area contributed by atoms with Crippen molar-refractivity contribution in [2.45, 2.75) is 31.5 Å². The average Bonchev–Trinajstić information content (AvgIpc) is 3.20. The smallest absolute Gasteiger partial charge is 0.315 e. The number of amides is 1. The lowest BCUT2D eigenvalue weighted by atomic mass is 10.2. The summed E-state index contributed by atoms with van der Waals surface area (Å²) in [5.41, 5.74) is -1.49. The Balaban J connectivity index is 1.78. The number of anilines is 1. The quantitative estimate of drug-likeness (QED) is 0.926. The van der Waals surface area contributed by atoms with Crippen LogP contribution in [0.2, 0.25) is 0 Å². The number of nitrogens with one attached hydrogen (secondary N) is 1. The number of aromatic nitrogens is 3. The normalized spacial score (nSPS) is 14.7. The summed E-state index contributed by atoms with van der Waals surface area (Å²) in [5.74, 6) is -0.231. The number of nitrogens with zero attached hydrogens (tertiary/aromatic N) is 3. The minimum atomic E-state index is -4.56. The highest BCUT2D eigenvalue weighted by molar-refractivity contribution is 6.02. The Hall–Kier alpha value is -2.65. The van der Waals surface area contributed by atoms with E-state index in [-0.39, 0.29) is 11.9 Å². The van der Waals surface area contributed by atoms with Crippen molar-refractivity contribution in [2.75, 3.05) is 5.32 Å². The molecule has 0 unspecified atom stereocenters. The van der Waals surface area contributed by atoms with E-state index < -0.39 is 29.8 Å². The van der Waals surface area contributed by atoms with E-state index in [4.69, 9.17) is 4.52 Å². The molecule has 0 aliphatic heterocycles. The van der Waals surface area contributed by atoms with Crippen molar-refractivity contribution >= 4 is 11.9 Å². The number of hydrogen-bond acceptors (Lipinski definition) is 5. The Kier molecular flexibility index (Phi) is 3.66. The first-order valence-corrected chi connectivity index (χ1v) is 6.74. The van der Waals surface area contributed by atoms with Gasteiger partial charge in [-0.2, -0.15) is 18.2 Å². The van der Waals surface area contributed by atoms with Crippen molar-refractivity contribution in [3.05, 3.63) is 40.1 Å². The lowest BCUT2D eigenvalue weighted by Gasteiger charge is -2.10. The standard InChI is InChI=1S/C13H11F3N4O3/c14-13(15,16)6-20-5-1-2-8(11(20)22)10(21)18-12-17-9(19-23-12)7-3-4-7/h1-2,5,7H,3-4,6H2,(H,17,18,19,21). The molecule has 1 aliphatic carbocycles. The summed E-state index contributed by atoms with van der Waals surface area (Å²) in [6.45, 7) is -1.47. The fourth-order valence-corrected chi connectivity index (χ4v) is 1.98. The number of hydrogen-bond donors (Lipinski definition) is 1. The van der Waals surface area contributed by atoms with Crippen molar-refractivity contribution in [1.82, 2.24) is 14.7 Å². The van der Waals surface area contributed by atoms with Gasteiger partial charge in [0.25, 0.3) is 11.5 Å². The van der Waals surface area contributed by atoms with Crippen LogP contribution in [0.1, 0.15) is 34.9 Å². The summed E-state index contributed by atoms with van der Waals surface area (Å²) in [7, 11) is 0. The highest BCUT2D eigenvalue weighted by Gasteiger charge is 2.30. The van der Waals surface area contributed by atoms with Crippen LogP contribution in [0.3, 0.4) is 0 Å². The molecule has 1 saturated carbocycles. The molecule has 7 nitrogen and oxygen atoms in total. The zero-order chi connectivity index (χ0) is 16.6. The van der Waals surface area contributed by atoms with Gasteiger partial charge in [0, 0.05) is 12.1 Å². The van der Waals surface area contributed by atoms with Crippen LogP contribution in [0, 0.1) is 0 Å². The van der Waals surface area contributed by atoms with E-state index in [1.54, 1.807) is 0 Å². The first-order chi connectivity index (χ1) is 10.8. The van der Waals surface area contributed by atoms with Gasteiger partial charge in [0.15, 0.2) is 5.82 Å². The van der Waals surface area contributed by atoms with Gasteiger partial charge in [-0.3, -0.25) is 14.9 Å². The van der Waals surface area contributed by atoms with Gasteiger partial charge in [-0.15, -0.1) is 0 Å². The second-order valence-corrected chi connectivity index (χ2v) is 5.16. The second-order valence-electron chi connectivity index (χ2n) is 5.16. The third kappa shape index (κ3) is 3.58. The average molecular weight is 328 g/mol. The largest absolute Gasteiger partial charge is 0.406 e. The number of carbonyl (C=O) groups is 1. The van der Waals surface area contributed by atoms with Crippen LogP contribution >= 0.6 is 0 Å². The molecular formula is C13H11F3N4O3. The minimum Gasteiger partial charge on any atom is -0.315 e. The van der Waals surface area contributed by atoms with Crippen LogP contribution in [0.5, 0.6) is 0 Å². The number of rotatable bonds is 4. The van der Waals surface area contributed by atoms with Gasteiger partial charge in [-0.1, -0.05) is 5.16 Å². The predicted molar refractivity (Wildman–Crippen MR) is 71.0 cm³/mol. The third-order valence-corrected chi connectivity index (χ3v) is 3.22. The molecule has 0 spiro atoms. The van der Waals surface area contributed by atoms with E-state index >= 15 is 0 Å². The Morgan fingerprint density at radius 2 is 2.17 bits per heavy atom. The monoisotopic (exact) mass is 328 g/mol. The van der Waals surface area contributed by atoms with E-state index in [1.807, 2.05) is 0 Å². The zero-order valence-electron chi connectivity index (χ0n) is 11.6. The highest BCUT2D eigenvalue weighted by Crippen LogP contribution is 2.38. The Bertz CT molecular complexity index is 792. The van der Waals surface area contributed by atoms with Gasteiger partial charge in [-0.25, -0.2) is 0 Å². The molecule has 2 aromatic heterocycles. The maximum atomic E-state index is 12.4. The highest BCUT2D eigenvalue weighted by atomic mass is 19.4. The van der Waals surface area contributed by atoms with Crippen molar-refractivity contribution in [2.24, 2.45) is 0 Å². The maximum absolute atomic E-state index is 12.4. The molecule has 0 bridgehead atoms. The number of carbonyl (C=O) groups excluding carboxylic acids is 1. The number of halogens is 3. The maximum Gasteiger partial charge on any atom is 0.406 e. The van der Waals surface area contributed by atoms with Crippen LogP contribution < -0.4 is 10.9 Å². The van der Waals surface area contributed by atoms with Gasteiger partial charge in [0.1, 0.15) is 12.1 Å². The molecule has 0 aromatic carbocycles. The predicted octanol–water partition coefficient (Wildman–Crippen LogP) is 1.92. The van der Waals surface area contributed by atoms with E-state index in [1.165, 1.54) is 6.07 Å². The fraction of sp³-hybridized carbons (Fsp3) is 0.385. The van der Waals surface area contributed by atoms with Gasteiger partial charge in [0.05, 0.1) is 0 Å². The molecule has 0 radical (unpaired) electrons. The Morgan fingerprint density at radius 3 is 2.83 bits per heavy atom. The van der Waals surface area contributed by atoms with Crippen molar-refractivity contribution < 1.29 is 22.5 Å². The van der Waals surface area contributed by atoms with E-state index in [9.17, 15) is 22.8 Å². The lowest BCUT2D eigenvalue weighted by molar-refractivity contribution is -0.141. The SMILES string of the molecule is O=C(Nc1nc(C2CC2)no1)c1cccn(CC(F)(F)F)c1=O. The summed E-state index contributed by atoms with van der Waals surface area (Å²) in [5, 5.41) is 5.90. The van der Waals surface area contributed by atoms with Crippen LogP contribution in [-0.2, 0) is 6.54 Å². The third-order valence-electron chi connectivity index (χ3n) is 3.22. The van der Waals surface area contributed by atoms with Gasteiger partial charge >= 0.3 is 12.2 Å². The molecule has 23 heavy (non-hydrogen) atoms. The molecule has 2 heterocycles. The molecule has 10 heteroatoms. The van der Waals surface area contributed by atoms with Gasteiger partial charge in [-0.05, 0) is 25.0 Å². The molecule has 0 saturated heterocycles. The summed E-state index contributed by atoms with van der Waals surface area (Å²) < 4.78 is 42.4. The topological polar surface area (TPSA) is 90.0 Å². The van der Waals surface area contributed by atoms with Crippen molar-refractivity contribution in [3.8, 4) is 0 Å². The molecule has 1 aliphatic rings. The summed E-state index contributed by atoms with van der Waals surface area (Å²) in [4.78, 5) is 27.9. The lowest BCUT2D eigenvalue weighted by Crippen LogP contribution is -2.32.